The first-order chi connectivity index (χ1) is 6.84. The lowest BCUT2D eigenvalue weighted by molar-refractivity contribution is -0.138. The molecule has 0 amide bonds. The fourth-order valence-corrected chi connectivity index (χ4v) is 1.35. The molecule has 0 unspecified atom stereocenters. The van der Waals surface area contributed by atoms with E-state index in [0.29, 0.717) is 0 Å². The van der Waals surface area contributed by atoms with Crippen molar-refractivity contribution in [2.75, 3.05) is 0 Å². The standard InChI is InChI=1S/C11H11F3O/c1-7(8(2)15)9-5-3-4-6-10(9)11(12,13)14/h3-7H,1-2H3/t7-/m1/s1. The number of hydrogen-bond acceptors (Lipinski definition) is 1. The van der Waals surface area contributed by atoms with E-state index in [4.69, 9.17) is 0 Å². The molecule has 0 N–H and O–H groups in total. The second kappa shape index (κ2) is 4.04. The van der Waals surface area contributed by atoms with E-state index in [9.17, 15) is 18.0 Å². The lowest BCUT2D eigenvalue weighted by atomic mass is 9.93. The molecule has 0 radical (unpaired) electrons. The smallest absolute Gasteiger partial charge is 0.299 e. The molecule has 0 aliphatic heterocycles. The Morgan fingerprint density at radius 1 is 1.27 bits per heavy atom. The number of alkyl halides is 3. The third-order valence-corrected chi connectivity index (χ3v) is 2.34. The third kappa shape index (κ3) is 2.58. The van der Waals surface area contributed by atoms with E-state index in [1.165, 1.54) is 32.0 Å². The van der Waals surface area contributed by atoms with Crippen LogP contribution >= 0.6 is 0 Å². The number of carbonyl (C=O) groups is 1. The molecule has 0 saturated carbocycles. The van der Waals surface area contributed by atoms with E-state index >= 15 is 0 Å². The van der Waals surface area contributed by atoms with Crippen molar-refractivity contribution in [2.45, 2.75) is 25.9 Å². The van der Waals surface area contributed by atoms with Crippen molar-refractivity contribution in [2.24, 2.45) is 0 Å². The van der Waals surface area contributed by atoms with Crippen LogP contribution in [0.1, 0.15) is 30.9 Å². The maximum absolute atomic E-state index is 12.6. The molecule has 1 aromatic carbocycles. The van der Waals surface area contributed by atoms with E-state index in [1.807, 2.05) is 0 Å². The Morgan fingerprint density at radius 2 is 1.80 bits per heavy atom. The normalized spacial score (nSPS) is 13.7. The topological polar surface area (TPSA) is 17.1 Å². The molecule has 1 aromatic rings. The SMILES string of the molecule is CC(=O)[C@@H](C)c1ccccc1C(F)(F)F. The summed E-state index contributed by atoms with van der Waals surface area (Å²) in [6.45, 7) is 2.77. The van der Waals surface area contributed by atoms with Gasteiger partial charge in [0.2, 0.25) is 0 Å². The van der Waals surface area contributed by atoms with Crippen molar-refractivity contribution >= 4 is 5.78 Å². The minimum Gasteiger partial charge on any atom is -0.299 e. The van der Waals surface area contributed by atoms with E-state index < -0.39 is 17.7 Å². The van der Waals surface area contributed by atoms with E-state index in [2.05, 4.69) is 0 Å². The summed E-state index contributed by atoms with van der Waals surface area (Å²) in [5, 5.41) is 0. The Morgan fingerprint density at radius 3 is 2.27 bits per heavy atom. The van der Waals surface area contributed by atoms with Crippen LogP contribution in [0.25, 0.3) is 0 Å². The number of hydrogen-bond donors (Lipinski definition) is 0. The minimum atomic E-state index is -4.40. The minimum absolute atomic E-state index is 0.0394. The summed E-state index contributed by atoms with van der Waals surface area (Å²) >= 11 is 0. The Balaban J connectivity index is 3.24. The molecule has 4 heteroatoms. The Kier molecular flexibility index (Phi) is 3.17. The fraction of sp³-hybridized carbons (Fsp3) is 0.364. The first-order valence-corrected chi connectivity index (χ1v) is 4.50. The van der Waals surface area contributed by atoms with Crippen LogP contribution in [-0.2, 0) is 11.0 Å². The second-order valence-corrected chi connectivity index (χ2v) is 3.42. The lowest BCUT2D eigenvalue weighted by Crippen LogP contribution is -2.14. The van der Waals surface area contributed by atoms with Crippen LogP contribution in [0, 0.1) is 0 Å². The zero-order chi connectivity index (χ0) is 11.6. The van der Waals surface area contributed by atoms with Gasteiger partial charge in [-0.2, -0.15) is 13.2 Å². The van der Waals surface area contributed by atoms with Gasteiger partial charge in [-0.05, 0) is 18.6 Å². The van der Waals surface area contributed by atoms with Crippen molar-refractivity contribution in [3.05, 3.63) is 35.4 Å². The number of Topliss-reactive ketones (excluding diaryl/α,β-unsaturated/α-hetero) is 1. The van der Waals surface area contributed by atoms with Gasteiger partial charge in [0.15, 0.2) is 0 Å². The second-order valence-electron chi connectivity index (χ2n) is 3.42. The van der Waals surface area contributed by atoms with E-state index in [-0.39, 0.29) is 11.3 Å². The molecule has 1 rings (SSSR count). The van der Waals surface area contributed by atoms with Gasteiger partial charge in [0.05, 0.1) is 5.56 Å². The number of benzene rings is 1. The maximum Gasteiger partial charge on any atom is 0.416 e. The largest absolute Gasteiger partial charge is 0.416 e. The summed E-state index contributed by atoms with van der Waals surface area (Å²) in [6.07, 6.45) is -4.40. The molecule has 0 fully saturated rings. The van der Waals surface area contributed by atoms with Crippen LogP contribution < -0.4 is 0 Å². The Labute approximate surface area is 85.9 Å². The predicted octanol–water partition coefficient (Wildman–Crippen LogP) is 3.40. The van der Waals surface area contributed by atoms with Crippen LogP contribution in [0.5, 0.6) is 0 Å². The van der Waals surface area contributed by atoms with Crippen LogP contribution in [0.3, 0.4) is 0 Å². The molecular weight excluding hydrogens is 205 g/mol. The Hall–Kier alpha value is -1.32. The molecule has 0 bridgehead atoms. The third-order valence-electron chi connectivity index (χ3n) is 2.34. The molecular formula is C11H11F3O. The summed E-state index contributed by atoms with van der Waals surface area (Å²) < 4.78 is 37.7. The number of ketones is 1. The molecule has 0 spiro atoms. The van der Waals surface area contributed by atoms with Gasteiger partial charge in [-0.25, -0.2) is 0 Å². The first-order valence-electron chi connectivity index (χ1n) is 4.50. The summed E-state index contributed by atoms with van der Waals surface area (Å²) in [4.78, 5) is 11.1. The van der Waals surface area contributed by atoms with Crippen molar-refractivity contribution in [1.82, 2.24) is 0 Å². The molecule has 82 valence electrons. The highest BCUT2D eigenvalue weighted by Crippen LogP contribution is 2.35. The van der Waals surface area contributed by atoms with Gasteiger partial charge in [0, 0.05) is 5.92 Å². The summed E-state index contributed by atoms with van der Waals surface area (Å²) in [5.74, 6) is -0.991. The molecule has 0 saturated heterocycles. The highest BCUT2D eigenvalue weighted by molar-refractivity contribution is 5.83. The zero-order valence-corrected chi connectivity index (χ0v) is 8.43. The highest BCUT2D eigenvalue weighted by Gasteiger charge is 2.34. The van der Waals surface area contributed by atoms with Crippen LogP contribution in [-0.4, -0.2) is 5.78 Å². The van der Waals surface area contributed by atoms with Crippen molar-refractivity contribution in [1.29, 1.82) is 0 Å². The van der Waals surface area contributed by atoms with Gasteiger partial charge in [-0.15, -0.1) is 0 Å². The molecule has 0 heterocycles. The van der Waals surface area contributed by atoms with Gasteiger partial charge in [-0.3, -0.25) is 4.79 Å². The average molecular weight is 216 g/mol. The molecule has 0 aliphatic rings. The molecule has 0 aromatic heterocycles. The maximum atomic E-state index is 12.6. The monoisotopic (exact) mass is 216 g/mol. The van der Waals surface area contributed by atoms with E-state index in [1.54, 1.807) is 0 Å². The molecule has 0 aliphatic carbocycles. The number of rotatable bonds is 2. The summed E-state index contributed by atoms with van der Waals surface area (Å²) in [7, 11) is 0. The first kappa shape index (κ1) is 11.8. The molecule has 1 atom stereocenters. The number of halogens is 3. The van der Waals surface area contributed by atoms with Gasteiger partial charge < -0.3 is 0 Å². The quantitative estimate of drug-likeness (QED) is 0.740. The van der Waals surface area contributed by atoms with Crippen molar-refractivity contribution < 1.29 is 18.0 Å². The van der Waals surface area contributed by atoms with Gasteiger partial charge in [0.25, 0.3) is 0 Å². The fourth-order valence-electron chi connectivity index (χ4n) is 1.35. The number of carbonyl (C=O) groups excluding carboxylic acids is 1. The Bertz CT molecular complexity index is 368. The predicted molar refractivity (Wildman–Crippen MR) is 50.5 cm³/mol. The van der Waals surface area contributed by atoms with Crippen molar-refractivity contribution in [3.63, 3.8) is 0 Å². The van der Waals surface area contributed by atoms with Crippen molar-refractivity contribution in [3.8, 4) is 0 Å². The van der Waals surface area contributed by atoms with Gasteiger partial charge in [0.1, 0.15) is 5.78 Å². The van der Waals surface area contributed by atoms with Crippen LogP contribution in [0.4, 0.5) is 13.2 Å². The van der Waals surface area contributed by atoms with Gasteiger partial charge in [-0.1, -0.05) is 25.1 Å². The van der Waals surface area contributed by atoms with Gasteiger partial charge >= 0.3 is 6.18 Å². The highest BCUT2D eigenvalue weighted by atomic mass is 19.4. The van der Waals surface area contributed by atoms with Crippen LogP contribution in [0.2, 0.25) is 0 Å². The zero-order valence-electron chi connectivity index (χ0n) is 8.43. The van der Waals surface area contributed by atoms with Crippen LogP contribution in [0.15, 0.2) is 24.3 Å². The molecule has 1 nitrogen and oxygen atoms in total. The lowest BCUT2D eigenvalue weighted by Gasteiger charge is -2.15. The van der Waals surface area contributed by atoms with E-state index in [0.717, 1.165) is 6.07 Å². The average Bonchev–Trinajstić information content (AvgIpc) is 2.15. The summed E-state index contributed by atoms with van der Waals surface area (Å²) in [5.41, 5.74) is -0.690. The molecule has 15 heavy (non-hydrogen) atoms. The summed E-state index contributed by atoms with van der Waals surface area (Å²) in [6, 6.07) is 5.16.